The zero-order valence-electron chi connectivity index (χ0n) is 8.83. The second kappa shape index (κ2) is 5.16. The number of hydrogen-bond donors (Lipinski definition) is 1. The van der Waals surface area contributed by atoms with Crippen molar-refractivity contribution >= 4 is 27.6 Å². The van der Waals surface area contributed by atoms with Gasteiger partial charge >= 0.3 is 5.97 Å². The normalized spacial score (nSPS) is 10.1. The molecule has 0 heterocycles. The third-order valence-corrected chi connectivity index (χ3v) is 3.13. The Morgan fingerprint density at radius 1 is 1.53 bits per heavy atom. The Morgan fingerprint density at radius 3 is 2.73 bits per heavy atom. The van der Waals surface area contributed by atoms with Crippen LogP contribution in [0.3, 0.4) is 0 Å². The predicted molar refractivity (Wildman–Crippen MR) is 64.4 cm³/mol. The molecule has 1 rings (SSSR count). The maximum atomic E-state index is 10.4. The van der Waals surface area contributed by atoms with Crippen molar-refractivity contribution < 1.29 is 9.90 Å². The van der Waals surface area contributed by atoms with Crippen LogP contribution in [0, 0.1) is 6.92 Å². The van der Waals surface area contributed by atoms with Gasteiger partial charge in [0.25, 0.3) is 0 Å². The molecule has 4 heteroatoms. The molecule has 1 aromatic carbocycles. The molecule has 0 saturated heterocycles. The Kier molecular flexibility index (Phi) is 4.15. The molecule has 0 fully saturated rings. The second-order valence-corrected chi connectivity index (χ2v) is 4.35. The Morgan fingerprint density at radius 2 is 2.20 bits per heavy atom. The summed E-state index contributed by atoms with van der Waals surface area (Å²) in [4.78, 5) is 12.4. The molecule has 0 bridgehead atoms. The highest BCUT2D eigenvalue weighted by atomic mass is 79.9. The van der Waals surface area contributed by atoms with E-state index in [0.717, 1.165) is 15.7 Å². The fraction of sp³-hybridized carbons (Fsp3) is 0.364. The van der Waals surface area contributed by atoms with Crippen LogP contribution >= 0.6 is 15.9 Å². The third kappa shape index (κ3) is 3.55. The van der Waals surface area contributed by atoms with E-state index < -0.39 is 5.97 Å². The lowest BCUT2D eigenvalue weighted by molar-refractivity contribution is -0.136. The van der Waals surface area contributed by atoms with Gasteiger partial charge in [-0.3, -0.25) is 4.79 Å². The van der Waals surface area contributed by atoms with Crippen molar-refractivity contribution in [2.24, 2.45) is 0 Å². The summed E-state index contributed by atoms with van der Waals surface area (Å²) in [6, 6.07) is 5.98. The summed E-state index contributed by atoms with van der Waals surface area (Å²) in [6.45, 7) is 2.54. The summed E-state index contributed by atoms with van der Waals surface area (Å²) < 4.78 is 1.07. The monoisotopic (exact) mass is 271 g/mol. The first-order valence-corrected chi connectivity index (χ1v) is 5.49. The van der Waals surface area contributed by atoms with E-state index in [1.807, 2.05) is 37.1 Å². The largest absolute Gasteiger partial charge is 0.481 e. The van der Waals surface area contributed by atoms with E-state index in [2.05, 4.69) is 15.9 Å². The first kappa shape index (κ1) is 12.0. The molecule has 1 aromatic rings. The van der Waals surface area contributed by atoms with Gasteiger partial charge in [0.05, 0.1) is 6.42 Å². The third-order valence-electron chi connectivity index (χ3n) is 2.24. The van der Waals surface area contributed by atoms with Crippen LogP contribution < -0.4 is 4.90 Å². The van der Waals surface area contributed by atoms with Crippen LogP contribution in [0.15, 0.2) is 22.7 Å². The molecular weight excluding hydrogens is 258 g/mol. The Bertz CT molecular complexity index is 366. The molecule has 0 aliphatic rings. The van der Waals surface area contributed by atoms with Crippen LogP contribution in [-0.4, -0.2) is 24.7 Å². The molecule has 0 aliphatic heterocycles. The molecule has 0 aliphatic carbocycles. The highest BCUT2D eigenvalue weighted by Crippen LogP contribution is 2.22. The van der Waals surface area contributed by atoms with E-state index in [1.165, 1.54) is 0 Å². The fourth-order valence-electron chi connectivity index (χ4n) is 1.26. The number of aryl methyl sites for hydroxylation is 1. The number of halogens is 1. The summed E-state index contributed by atoms with van der Waals surface area (Å²) in [7, 11) is 1.89. The molecule has 15 heavy (non-hydrogen) atoms. The predicted octanol–water partition coefficient (Wildman–Crippen LogP) is 2.67. The fourth-order valence-corrected chi connectivity index (χ4v) is 1.51. The topological polar surface area (TPSA) is 40.5 Å². The lowest BCUT2D eigenvalue weighted by Crippen LogP contribution is -2.20. The molecule has 0 saturated carbocycles. The number of rotatable bonds is 4. The number of carboxylic acid groups (broad SMARTS) is 1. The average molecular weight is 272 g/mol. The quantitative estimate of drug-likeness (QED) is 0.916. The summed E-state index contributed by atoms with van der Waals surface area (Å²) in [5.74, 6) is -0.768. The van der Waals surface area contributed by atoms with Gasteiger partial charge in [0, 0.05) is 23.8 Å². The molecule has 3 nitrogen and oxygen atoms in total. The van der Waals surface area contributed by atoms with Crippen molar-refractivity contribution in [1.29, 1.82) is 0 Å². The number of hydrogen-bond acceptors (Lipinski definition) is 2. The molecule has 1 N–H and O–H groups in total. The van der Waals surface area contributed by atoms with E-state index in [9.17, 15) is 4.79 Å². The van der Waals surface area contributed by atoms with Crippen LogP contribution in [0.25, 0.3) is 0 Å². The zero-order valence-corrected chi connectivity index (χ0v) is 10.4. The Hall–Kier alpha value is -1.03. The van der Waals surface area contributed by atoms with Crippen molar-refractivity contribution in [1.82, 2.24) is 0 Å². The minimum absolute atomic E-state index is 0.158. The van der Waals surface area contributed by atoms with Gasteiger partial charge in [0.15, 0.2) is 0 Å². The van der Waals surface area contributed by atoms with Crippen LogP contribution in [0.1, 0.15) is 12.0 Å². The van der Waals surface area contributed by atoms with E-state index in [-0.39, 0.29) is 6.42 Å². The van der Waals surface area contributed by atoms with E-state index in [1.54, 1.807) is 0 Å². The first-order valence-electron chi connectivity index (χ1n) is 4.70. The summed E-state index contributed by atoms with van der Waals surface area (Å²) >= 11 is 3.43. The van der Waals surface area contributed by atoms with Gasteiger partial charge in [-0.25, -0.2) is 0 Å². The van der Waals surface area contributed by atoms with E-state index in [0.29, 0.717) is 6.54 Å². The van der Waals surface area contributed by atoms with E-state index in [4.69, 9.17) is 5.11 Å². The van der Waals surface area contributed by atoms with Crippen molar-refractivity contribution in [3.63, 3.8) is 0 Å². The van der Waals surface area contributed by atoms with Crippen molar-refractivity contribution in [3.8, 4) is 0 Å². The Balaban J connectivity index is 2.69. The van der Waals surface area contributed by atoms with Gasteiger partial charge in [-0.05, 0) is 30.7 Å². The zero-order chi connectivity index (χ0) is 11.4. The standard InChI is InChI=1S/C11H14BrNO2/c1-8-7-9(3-4-10(8)12)13(2)6-5-11(14)15/h3-4,7H,5-6H2,1-2H3,(H,14,15). The average Bonchev–Trinajstić information content (AvgIpc) is 2.18. The first-order chi connectivity index (χ1) is 7.00. The Labute approximate surface area is 97.8 Å². The van der Waals surface area contributed by atoms with Crippen molar-refractivity contribution in [3.05, 3.63) is 28.2 Å². The van der Waals surface area contributed by atoms with Gasteiger partial charge in [0.1, 0.15) is 0 Å². The number of benzene rings is 1. The SMILES string of the molecule is Cc1cc(N(C)CCC(=O)O)ccc1Br. The van der Waals surface area contributed by atoms with Gasteiger partial charge in [-0.1, -0.05) is 15.9 Å². The highest BCUT2D eigenvalue weighted by molar-refractivity contribution is 9.10. The smallest absolute Gasteiger partial charge is 0.305 e. The minimum atomic E-state index is -0.768. The molecule has 0 aromatic heterocycles. The van der Waals surface area contributed by atoms with Gasteiger partial charge < -0.3 is 10.0 Å². The van der Waals surface area contributed by atoms with Crippen LogP contribution in [0.2, 0.25) is 0 Å². The number of carbonyl (C=O) groups is 1. The highest BCUT2D eigenvalue weighted by Gasteiger charge is 2.04. The summed E-state index contributed by atoms with van der Waals surface area (Å²) in [5, 5.41) is 8.57. The van der Waals surface area contributed by atoms with Gasteiger partial charge in [-0.15, -0.1) is 0 Å². The maximum Gasteiger partial charge on any atom is 0.305 e. The second-order valence-electron chi connectivity index (χ2n) is 3.50. The van der Waals surface area contributed by atoms with Crippen molar-refractivity contribution in [2.75, 3.05) is 18.5 Å². The number of anilines is 1. The molecule has 0 radical (unpaired) electrons. The number of carboxylic acids is 1. The molecule has 0 spiro atoms. The maximum absolute atomic E-state index is 10.4. The molecule has 82 valence electrons. The lowest BCUT2D eigenvalue weighted by Gasteiger charge is -2.19. The summed E-state index contributed by atoms with van der Waals surface area (Å²) in [6.07, 6.45) is 0.158. The van der Waals surface area contributed by atoms with Crippen molar-refractivity contribution in [2.45, 2.75) is 13.3 Å². The molecular formula is C11H14BrNO2. The molecule has 0 atom stereocenters. The molecule has 0 unspecified atom stereocenters. The minimum Gasteiger partial charge on any atom is -0.481 e. The summed E-state index contributed by atoms with van der Waals surface area (Å²) in [5.41, 5.74) is 2.19. The molecule has 0 amide bonds. The van der Waals surface area contributed by atoms with E-state index >= 15 is 0 Å². The number of aliphatic carboxylic acids is 1. The lowest BCUT2D eigenvalue weighted by atomic mass is 10.2. The van der Waals surface area contributed by atoms with Crippen LogP contribution in [0.5, 0.6) is 0 Å². The van der Waals surface area contributed by atoms with Crippen LogP contribution in [0.4, 0.5) is 5.69 Å². The van der Waals surface area contributed by atoms with Gasteiger partial charge in [-0.2, -0.15) is 0 Å². The number of nitrogens with zero attached hydrogens (tertiary/aromatic N) is 1. The van der Waals surface area contributed by atoms with Crippen LogP contribution in [-0.2, 0) is 4.79 Å². The van der Waals surface area contributed by atoms with Gasteiger partial charge in [0.2, 0.25) is 0 Å².